The van der Waals surface area contributed by atoms with Gasteiger partial charge in [-0.05, 0) is 87.3 Å². The van der Waals surface area contributed by atoms with Gasteiger partial charge in [0.2, 0.25) is 0 Å². The molecule has 0 radical (unpaired) electrons. The standard InChI is InChI=1S/C28H30FN3O2/c1-4-34-28(33)21-15-25-24(14-16(21)2)31-27(32-25)17(3)18-7-9-19(10-8-18)26-20-6-5-13-30-23(20)12-11-22(26)29/h5-6,11-15,17-19H,4,7-10H2,1-3H3,(H,31,32)/t17-,18?,19?/m0/s1. The van der Waals surface area contributed by atoms with E-state index in [9.17, 15) is 9.18 Å². The molecule has 0 bridgehead atoms. The van der Waals surface area contributed by atoms with Crippen LogP contribution in [0.15, 0.2) is 42.6 Å². The predicted octanol–water partition coefficient (Wildman–Crippen LogP) is 6.81. The fourth-order valence-corrected chi connectivity index (χ4v) is 5.52. The van der Waals surface area contributed by atoms with Crippen molar-refractivity contribution < 1.29 is 13.9 Å². The topological polar surface area (TPSA) is 67.9 Å². The molecule has 0 amide bonds. The average Bonchev–Trinajstić information content (AvgIpc) is 3.26. The molecule has 0 aliphatic heterocycles. The van der Waals surface area contributed by atoms with Crippen molar-refractivity contribution in [3.63, 3.8) is 0 Å². The van der Waals surface area contributed by atoms with Gasteiger partial charge in [0.1, 0.15) is 11.6 Å². The second-order valence-electron chi connectivity index (χ2n) is 9.46. The number of hydrogen-bond acceptors (Lipinski definition) is 4. The molecule has 6 heteroatoms. The summed E-state index contributed by atoms with van der Waals surface area (Å²) >= 11 is 0. The number of hydrogen-bond donors (Lipinski definition) is 1. The summed E-state index contributed by atoms with van der Waals surface area (Å²) in [5, 5.41) is 0.934. The highest BCUT2D eigenvalue weighted by molar-refractivity contribution is 5.95. The maximum atomic E-state index is 14.8. The summed E-state index contributed by atoms with van der Waals surface area (Å²) in [4.78, 5) is 25.0. The van der Waals surface area contributed by atoms with Gasteiger partial charge in [-0.25, -0.2) is 14.2 Å². The number of benzene rings is 2. The summed E-state index contributed by atoms with van der Waals surface area (Å²) in [6, 6.07) is 11.0. The molecule has 5 nitrogen and oxygen atoms in total. The SMILES string of the molecule is CCOC(=O)c1cc2nc([C@@H](C)C3CCC(c4c(F)ccc5ncccc45)CC3)[nH]c2cc1C. The third-order valence-electron chi connectivity index (χ3n) is 7.43. The van der Waals surface area contributed by atoms with Gasteiger partial charge >= 0.3 is 5.97 Å². The molecule has 4 aromatic rings. The smallest absolute Gasteiger partial charge is 0.338 e. The first-order valence-electron chi connectivity index (χ1n) is 12.2. The van der Waals surface area contributed by atoms with Crippen molar-refractivity contribution in [2.24, 2.45) is 5.92 Å². The van der Waals surface area contributed by atoms with Crippen molar-refractivity contribution in [3.05, 3.63) is 70.9 Å². The van der Waals surface area contributed by atoms with Crippen molar-refractivity contribution in [1.29, 1.82) is 0 Å². The molecule has 1 saturated carbocycles. The summed E-state index contributed by atoms with van der Waals surface area (Å²) in [6.45, 7) is 6.28. The van der Waals surface area contributed by atoms with Crippen molar-refractivity contribution in [2.75, 3.05) is 6.61 Å². The molecule has 34 heavy (non-hydrogen) atoms. The van der Waals surface area contributed by atoms with E-state index in [1.54, 1.807) is 25.3 Å². The first-order valence-corrected chi connectivity index (χ1v) is 12.2. The van der Waals surface area contributed by atoms with Gasteiger partial charge in [0.25, 0.3) is 0 Å². The number of rotatable bonds is 5. The Hall–Kier alpha value is -3.28. The second-order valence-corrected chi connectivity index (χ2v) is 9.46. The Morgan fingerprint density at radius 2 is 1.97 bits per heavy atom. The third kappa shape index (κ3) is 4.06. The van der Waals surface area contributed by atoms with Crippen LogP contribution in [0.3, 0.4) is 0 Å². The van der Waals surface area contributed by atoms with Crippen LogP contribution in [0.1, 0.15) is 78.7 Å². The second kappa shape index (κ2) is 9.16. The van der Waals surface area contributed by atoms with Crippen LogP contribution >= 0.6 is 0 Å². The van der Waals surface area contributed by atoms with Gasteiger partial charge in [-0.15, -0.1) is 0 Å². The van der Waals surface area contributed by atoms with E-state index < -0.39 is 0 Å². The maximum Gasteiger partial charge on any atom is 0.338 e. The number of fused-ring (bicyclic) bond motifs is 2. The van der Waals surface area contributed by atoms with Crippen LogP contribution < -0.4 is 0 Å². The number of aromatic amines is 1. The van der Waals surface area contributed by atoms with Gasteiger partial charge in [0.05, 0.1) is 28.7 Å². The number of aromatic nitrogens is 3. The fourth-order valence-electron chi connectivity index (χ4n) is 5.52. The number of ether oxygens (including phenoxy) is 1. The predicted molar refractivity (Wildman–Crippen MR) is 132 cm³/mol. The summed E-state index contributed by atoms with van der Waals surface area (Å²) < 4.78 is 20.0. The Labute approximate surface area is 198 Å². The number of carbonyl (C=O) groups is 1. The van der Waals surface area contributed by atoms with E-state index in [-0.39, 0.29) is 23.6 Å². The number of nitrogens with one attached hydrogen (secondary N) is 1. The van der Waals surface area contributed by atoms with E-state index >= 15 is 0 Å². The molecule has 5 rings (SSSR count). The van der Waals surface area contributed by atoms with E-state index in [1.807, 2.05) is 31.2 Å². The number of pyridine rings is 1. The largest absolute Gasteiger partial charge is 0.462 e. The zero-order valence-corrected chi connectivity index (χ0v) is 19.9. The number of esters is 1. The Kier molecular flexibility index (Phi) is 6.07. The maximum absolute atomic E-state index is 14.8. The van der Waals surface area contributed by atoms with Crippen molar-refractivity contribution in [1.82, 2.24) is 15.0 Å². The minimum Gasteiger partial charge on any atom is -0.462 e. The Morgan fingerprint density at radius 1 is 1.18 bits per heavy atom. The molecule has 2 aromatic heterocycles. The quantitative estimate of drug-likeness (QED) is 0.333. The monoisotopic (exact) mass is 459 g/mol. The summed E-state index contributed by atoms with van der Waals surface area (Å²) in [5.74, 6) is 1.44. The van der Waals surface area contributed by atoms with E-state index in [0.29, 0.717) is 18.1 Å². The molecule has 176 valence electrons. The van der Waals surface area contributed by atoms with E-state index in [4.69, 9.17) is 9.72 Å². The summed E-state index contributed by atoms with van der Waals surface area (Å²) in [6.07, 6.45) is 5.70. The van der Waals surface area contributed by atoms with E-state index in [0.717, 1.165) is 64.6 Å². The lowest BCUT2D eigenvalue weighted by Gasteiger charge is -2.32. The van der Waals surface area contributed by atoms with E-state index in [1.165, 1.54) is 0 Å². The molecule has 1 aliphatic rings. The zero-order chi connectivity index (χ0) is 23.8. The number of carbonyl (C=O) groups excluding carboxylic acids is 1. The van der Waals surface area contributed by atoms with Crippen LogP contribution in [-0.4, -0.2) is 27.5 Å². The van der Waals surface area contributed by atoms with E-state index in [2.05, 4.69) is 16.9 Å². The number of nitrogens with zero attached hydrogens (tertiary/aromatic N) is 2. The van der Waals surface area contributed by atoms with Crippen LogP contribution in [0.25, 0.3) is 21.9 Å². The molecule has 1 fully saturated rings. The number of imidazole rings is 1. The van der Waals surface area contributed by atoms with Crippen molar-refractivity contribution in [2.45, 2.75) is 58.3 Å². The molecule has 0 saturated heterocycles. The molecule has 1 atom stereocenters. The van der Waals surface area contributed by atoms with Gasteiger partial charge in [-0.2, -0.15) is 0 Å². The molecule has 2 heterocycles. The Bertz CT molecular complexity index is 1350. The lowest BCUT2D eigenvalue weighted by molar-refractivity contribution is 0.0525. The van der Waals surface area contributed by atoms with Crippen LogP contribution in [-0.2, 0) is 4.74 Å². The molecule has 2 aromatic carbocycles. The fraction of sp³-hybridized carbons (Fsp3) is 0.393. The molecular formula is C28H30FN3O2. The number of H-pyrrole nitrogens is 1. The minimum atomic E-state index is -0.311. The highest BCUT2D eigenvalue weighted by Crippen LogP contribution is 2.43. The number of halogens is 1. The molecular weight excluding hydrogens is 429 g/mol. The summed E-state index contributed by atoms with van der Waals surface area (Å²) in [5.41, 5.74) is 4.84. The highest BCUT2D eigenvalue weighted by Gasteiger charge is 2.30. The summed E-state index contributed by atoms with van der Waals surface area (Å²) in [7, 11) is 0. The molecule has 1 N–H and O–H groups in total. The first kappa shape index (κ1) is 22.5. The zero-order valence-electron chi connectivity index (χ0n) is 19.9. The van der Waals surface area contributed by atoms with Gasteiger partial charge in [0, 0.05) is 23.1 Å². The Balaban J connectivity index is 1.34. The average molecular weight is 460 g/mol. The van der Waals surface area contributed by atoms with Crippen LogP contribution in [0, 0.1) is 18.7 Å². The Morgan fingerprint density at radius 3 is 2.74 bits per heavy atom. The van der Waals surface area contributed by atoms with Crippen LogP contribution in [0.2, 0.25) is 0 Å². The van der Waals surface area contributed by atoms with Gasteiger partial charge in [-0.3, -0.25) is 4.98 Å². The van der Waals surface area contributed by atoms with Gasteiger partial charge < -0.3 is 9.72 Å². The minimum absolute atomic E-state index is 0.123. The normalized spacial score (nSPS) is 19.4. The van der Waals surface area contributed by atoms with Crippen LogP contribution in [0.4, 0.5) is 4.39 Å². The van der Waals surface area contributed by atoms with Crippen molar-refractivity contribution in [3.8, 4) is 0 Å². The highest BCUT2D eigenvalue weighted by atomic mass is 19.1. The number of aryl methyl sites for hydroxylation is 1. The van der Waals surface area contributed by atoms with Crippen LogP contribution in [0.5, 0.6) is 0 Å². The third-order valence-corrected chi connectivity index (χ3v) is 7.43. The molecule has 0 spiro atoms. The lowest BCUT2D eigenvalue weighted by Crippen LogP contribution is -2.19. The van der Waals surface area contributed by atoms with Gasteiger partial charge in [0.15, 0.2) is 0 Å². The van der Waals surface area contributed by atoms with Gasteiger partial charge in [-0.1, -0.05) is 13.0 Å². The van der Waals surface area contributed by atoms with Crippen molar-refractivity contribution >= 4 is 27.9 Å². The lowest BCUT2D eigenvalue weighted by atomic mass is 9.73. The first-order chi connectivity index (χ1) is 16.5. The molecule has 0 unspecified atom stereocenters. The molecule has 1 aliphatic carbocycles.